The molecule has 0 atom stereocenters. The highest BCUT2D eigenvalue weighted by molar-refractivity contribution is 7.99. The number of aryl methyl sites for hydroxylation is 1. The predicted molar refractivity (Wildman–Crippen MR) is 127 cm³/mol. The number of furan rings is 1. The van der Waals surface area contributed by atoms with Crippen LogP contribution in [0.25, 0.3) is 22.4 Å². The normalized spacial score (nSPS) is 11.3. The van der Waals surface area contributed by atoms with Crippen LogP contribution >= 0.6 is 11.8 Å². The number of benzene rings is 2. The van der Waals surface area contributed by atoms with Crippen molar-refractivity contribution in [2.75, 3.05) is 12.8 Å². The van der Waals surface area contributed by atoms with E-state index in [2.05, 4.69) is 10.2 Å². The first-order valence-electron chi connectivity index (χ1n) is 10.4. The molecule has 0 saturated heterocycles. The monoisotopic (exact) mass is 459 g/mol. The van der Waals surface area contributed by atoms with E-state index >= 15 is 0 Å². The van der Waals surface area contributed by atoms with E-state index in [0.29, 0.717) is 34.1 Å². The van der Waals surface area contributed by atoms with Crippen molar-refractivity contribution < 1.29 is 9.21 Å². The van der Waals surface area contributed by atoms with Crippen LogP contribution in [0.15, 0.2) is 81.3 Å². The zero-order valence-corrected chi connectivity index (χ0v) is 19.0. The van der Waals surface area contributed by atoms with Gasteiger partial charge in [0.15, 0.2) is 5.16 Å². The lowest BCUT2D eigenvalue weighted by atomic mass is 10.2. The van der Waals surface area contributed by atoms with E-state index in [1.54, 1.807) is 34.9 Å². The maximum Gasteiger partial charge on any atom is 0.267 e. The molecule has 0 saturated carbocycles. The molecule has 5 rings (SSSR count). The Kier molecular flexibility index (Phi) is 5.47. The highest BCUT2D eigenvalue weighted by Gasteiger charge is 2.19. The minimum atomic E-state index is -0.167. The Hall–Kier alpha value is -3.85. The summed E-state index contributed by atoms with van der Waals surface area (Å²) in [6, 6.07) is 18.7. The summed E-state index contributed by atoms with van der Waals surface area (Å²) in [5, 5.41) is 9.74. The smallest absolute Gasteiger partial charge is 0.267 e. The van der Waals surface area contributed by atoms with Gasteiger partial charge in [0.2, 0.25) is 11.7 Å². The second-order valence-corrected chi connectivity index (χ2v) is 8.67. The number of fused-ring (bicyclic) bond motifs is 3. The molecule has 2 aromatic carbocycles. The number of aromatic nitrogens is 4. The highest BCUT2D eigenvalue weighted by Crippen LogP contribution is 2.23. The second kappa shape index (κ2) is 8.59. The lowest BCUT2D eigenvalue weighted by Gasteiger charge is -2.15. The van der Waals surface area contributed by atoms with Gasteiger partial charge in [0.05, 0.1) is 35.2 Å². The van der Waals surface area contributed by atoms with Crippen LogP contribution in [0.5, 0.6) is 0 Å². The Labute approximate surface area is 193 Å². The van der Waals surface area contributed by atoms with E-state index in [-0.39, 0.29) is 17.2 Å². The van der Waals surface area contributed by atoms with Crippen LogP contribution in [0.2, 0.25) is 0 Å². The van der Waals surface area contributed by atoms with Crippen molar-refractivity contribution in [1.29, 1.82) is 0 Å². The molecule has 8 nitrogen and oxygen atoms in total. The van der Waals surface area contributed by atoms with Gasteiger partial charge in [0.25, 0.3) is 5.56 Å². The van der Waals surface area contributed by atoms with E-state index in [4.69, 9.17) is 4.42 Å². The molecule has 0 spiro atoms. The number of carbonyl (C=O) groups excluding carboxylic acids is 1. The molecule has 0 N–H and O–H groups in total. The fourth-order valence-corrected chi connectivity index (χ4v) is 4.54. The van der Waals surface area contributed by atoms with Crippen molar-refractivity contribution in [3.05, 3.63) is 88.6 Å². The number of rotatable bonds is 6. The predicted octanol–water partition coefficient (Wildman–Crippen LogP) is 3.69. The average Bonchev–Trinajstić information content (AvgIpc) is 3.49. The van der Waals surface area contributed by atoms with Crippen molar-refractivity contribution >= 4 is 34.3 Å². The molecule has 5 aromatic rings. The van der Waals surface area contributed by atoms with E-state index in [1.165, 1.54) is 11.8 Å². The van der Waals surface area contributed by atoms with Crippen molar-refractivity contribution in [3.63, 3.8) is 0 Å². The molecule has 0 unspecified atom stereocenters. The molecular formula is C24H21N5O3S. The van der Waals surface area contributed by atoms with Gasteiger partial charge in [0.1, 0.15) is 5.76 Å². The third kappa shape index (κ3) is 3.91. The van der Waals surface area contributed by atoms with Crippen LogP contribution in [0, 0.1) is 6.92 Å². The zero-order valence-electron chi connectivity index (χ0n) is 18.1. The third-order valence-corrected chi connectivity index (χ3v) is 6.32. The first kappa shape index (κ1) is 21.0. The summed E-state index contributed by atoms with van der Waals surface area (Å²) in [5.74, 6) is 1.23. The van der Waals surface area contributed by atoms with Crippen LogP contribution in [0.3, 0.4) is 0 Å². The van der Waals surface area contributed by atoms with Gasteiger partial charge in [-0.3, -0.25) is 14.0 Å². The number of amides is 1. The van der Waals surface area contributed by atoms with Crippen LogP contribution < -0.4 is 5.56 Å². The maximum absolute atomic E-state index is 13.3. The number of thioether (sulfide) groups is 1. The molecule has 0 fully saturated rings. The number of nitrogens with zero attached hydrogens (tertiary/aromatic N) is 5. The fourth-order valence-electron chi connectivity index (χ4n) is 3.66. The number of para-hydroxylation sites is 1. The Bertz CT molecular complexity index is 1500. The van der Waals surface area contributed by atoms with Gasteiger partial charge in [-0.05, 0) is 43.3 Å². The Morgan fingerprint density at radius 2 is 1.85 bits per heavy atom. The van der Waals surface area contributed by atoms with Crippen molar-refractivity contribution in [3.8, 4) is 5.69 Å². The van der Waals surface area contributed by atoms with Crippen LogP contribution in [-0.2, 0) is 11.3 Å². The SMILES string of the molecule is Cc1ccc(-n2c(=O)c3ccccc3n3c(SCC(=O)N(C)Cc4ccco4)nnc23)cc1. The first-order valence-corrected chi connectivity index (χ1v) is 11.4. The fraction of sp³-hybridized carbons (Fsp3) is 0.167. The lowest BCUT2D eigenvalue weighted by molar-refractivity contribution is -0.127. The van der Waals surface area contributed by atoms with Crippen LogP contribution in [0.4, 0.5) is 0 Å². The maximum atomic E-state index is 13.3. The molecule has 166 valence electrons. The second-order valence-electron chi connectivity index (χ2n) is 7.73. The number of hydrogen-bond donors (Lipinski definition) is 0. The minimum absolute atomic E-state index is 0.0655. The summed E-state index contributed by atoms with van der Waals surface area (Å²) in [6.45, 7) is 2.39. The van der Waals surface area contributed by atoms with Gasteiger partial charge in [-0.2, -0.15) is 0 Å². The number of hydrogen-bond acceptors (Lipinski definition) is 6. The number of carbonyl (C=O) groups is 1. The summed E-state index contributed by atoms with van der Waals surface area (Å²) in [5.41, 5.74) is 2.34. The Morgan fingerprint density at radius 3 is 2.61 bits per heavy atom. The van der Waals surface area contributed by atoms with Gasteiger partial charge in [-0.1, -0.05) is 41.6 Å². The average molecular weight is 460 g/mol. The Morgan fingerprint density at radius 1 is 1.06 bits per heavy atom. The summed E-state index contributed by atoms with van der Waals surface area (Å²) in [7, 11) is 1.73. The van der Waals surface area contributed by atoms with Crippen molar-refractivity contribution in [1.82, 2.24) is 24.1 Å². The van der Waals surface area contributed by atoms with E-state index in [0.717, 1.165) is 11.3 Å². The summed E-state index contributed by atoms with van der Waals surface area (Å²) < 4.78 is 8.72. The molecule has 33 heavy (non-hydrogen) atoms. The molecular weight excluding hydrogens is 438 g/mol. The molecule has 3 heterocycles. The van der Waals surface area contributed by atoms with Gasteiger partial charge < -0.3 is 9.32 Å². The molecule has 0 bridgehead atoms. The van der Waals surface area contributed by atoms with Gasteiger partial charge in [0, 0.05) is 7.05 Å². The summed E-state index contributed by atoms with van der Waals surface area (Å²) >= 11 is 1.28. The van der Waals surface area contributed by atoms with Crippen LogP contribution in [-0.4, -0.2) is 42.8 Å². The van der Waals surface area contributed by atoms with Crippen LogP contribution in [0.1, 0.15) is 11.3 Å². The highest BCUT2D eigenvalue weighted by atomic mass is 32.2. The standard InChI is InChI=1S/C24H21N5O3S/c1-16-9-11-17(12-10-16)28-22(31)19-7-3-4-8-20(19)29-23(28)25-26-24(29)33-15-21(30)27(2)14-18-6-5-13-32-18/h3-13H,14-15H2,1-2H3. The molecule has 0 aliphatic rings. The minimum Gasteiger partial charge on any atom is -0.467 e. The van der Waals surface area contributed by atoms with E-state index in [1.807, 2.05) is 59.9 Å². The van der Waals surface area contributed by atoms with Gasteiger partial charge in [-0.25, -0.2) is 4.57 Å². The molecule has 1 amide bonds. The quantitative estimate of drug-likeness (QED) is 0.360. The molecule has 0 radical (unpaired) electrons. The van der Waals surface area contributed by atoms with Gasteiger partial charge in [-0.15, -0.1) is 10.2 Å². The lowest BCUT2D eigenvalue weighted by Crippen LogP contribution is -2.27. The third-order valence-electron chi connectivity index (χ3n) is 5.41. The molecule has 9 heteroatoms. The summed E-state index contributed by atoms with van der Waals surface area (Å²) in [4.78, 5) is 27.6. The topological polar surface area (TPSA) is 85.6 Å². The molecule has 3 aromatic heterocycles. The van der Waals surface area contributed by atoms with Gasteiger partial charge >= 0.3 is 0 Å². The van der Waals surface area contributed by atoms with E-state index < -0.39 is 0 Å². The van der Waals surface area contributed by atoms with Crippen molar-refractivity contribution in [2.24, 2.45) is 0 Å². The van der Waals surface area contributed by atoms with E-state index in [9.17, 15) is 9.59 Å². The molecule has 0 aliphatic carbocycles. The largest absolute Gasteiger partial charge is 0.467 e. The Balaban J connectivity index is 1.53. The van der Waals surface area contributed by atoms with Crippen molar-refractivity contribution in [2.45, 2.75) is 18.6 Å². The molecule has 0 aliphatic heterocycles. The first-order chi connectivity index (χ1) is 16.0. The zero-order chi connectivity index (χ0) is 22.9. The summed E-state index contributed by atoms with van der Waals surface area (Å²) in [6.07, 6.45) is 1.59.